The summed E-state index contributed by atoms with van der Waals surface area (Å²) < 4.78 is 0. The Balaban J connectivity index is 2.30. The zero-order valence-corrected chi connectivity index (χ0v) is 32.1. The number of nitrogens with one attached hydrogen (secondary N) is 5. The summed E-state index contributed by atoms with van der Waals surface area (Å²) in [6.07, 6.45) is 14.0. The minimum Gasteiger partial charge on any atom is -0.370 e. The molecule has 2 aliphatic rings. The molecule has 302 valence electrons. The van der Waals surface area contributed by atoms with E-state index in [1.165, 1.54) is 6.92 Å². The fourth-order valence-corrected chi connectivity index (χ4v) is 7.37. The van der Waals surface area contributed by atoms with Gasteiger partial charge >= 0.3 is 0 Å². The average molecular weight is 749 g/mol. The lowest BCUT2D eigenvalue weighted by atomic mass is 9.84. The second-order valence-corrected chi connectivity index (χ2v) is 14.9. The molecule has 0 spiro atoms. The van der Waals surface area contributed by atoms with Gasteiger partial charge in [0.25, 0.3) is 0 Å². The summed E-state index contributed by atoms with van der Waals surface area (Å²) in [6.45, 7) is 3.89. The van der Waals surface area contributed by atoms with Gasteiger partial charge in [0.2, 0.25) is 35.4 Å². The van der Waals surface area contributed by atoms with E-state index in [4.69, 9.17) is 22.9 Å². The highest BCUT2D eigenvalue weighted by Crippen LogP contribution is 2.29. The summed E-state index contributed by atoms with van der Waals surface area (Å²) in [5, 5.41) is 14.1. The Morgan fingerprint density at radius 3 is 1.43 bits per heavy atom. The number of hydrogen-bond acceptors (Lipinski definition) is 8. The zero-order valence-electron chi connectivity index (χ0n) is 32.1. The molecule has 13 N–H and O–H groups in total. The summed E-state index contributed by atoms with van der Waals surface area (Å²) in [6, 6.07) is -4.73. The zero-order chi connectivity index (χ0) is 39.2. The number of nitrogens with zero attached hydrogens (tertiary/aromatic N) is 1. The Morgan fingerprint density at radius 2 is 1.00 bits per heavy atom. The maximum atomic E-state index is 14.1. The van der Waals surface area contributed by atoms with E-state index in [-0.39, 0.29) is 37.2 Å². The smallest absolute Gasteiger partial charge is 0.243 e. The van der Waals surface area contributed by atoms with Crippen LogP contribution in [0.5, 0.6) is 0 Å². The molecule has 0 aliphatic heterocycles. The number of carbonyl (C=O) groups is 6. The lowest BCUT2D eigenvalue weighted by Crippen LogP contribution is -2.59. The molecule has 2 aliphatic carbocycles. The molecule has 0 aromatic heterocycles. The summed E-state index contributed by atoms with van der Waals surface area (Å²) in [5.74, 6) is -2.78. The van der Waals surface area contributed by atoms with Crippen LogP contribution < -0.4 is 49.5 Å². The van der Waals surface area contributed by atoms with Crippen molar-refractivity contribution in [1.82, 2.24) is 26.6 Å². The highest BCUT2D eigenvalue weighted by Gasteiger charge is 2.34. The predicted molar refractivity (Wildman–Crippen MR) is 205 cm³/mol. The molecule has 0 aromatic rings. The van der Waals surface area contributed by atoms with Gasteiger partial charge in [-0.25, -0.2) is 0 Å². The van der Waals surface area contributed by atoms with Gasteiger partial charge in [0.15, 0.2) is 5.96 Å². The van der Waals surface area contributed by atoms with Gasteiger partial charge in [0.05, 0.1) is 0 Å². The fourth-order valence-electron chi connectivity index (χ4n) is 7.37. The van der Waals surface area contributed by atoms with Crippen molar-refractivity contribution in [1.29, 1.82) is 0 Å². The first-order chi connectivity index (χ1) is 25.3. The largest absolute Gasteiger partial charge is 0.370 e. The third-order valence-electron chi connectivity index (χ3n) is 10.3. The van der Waals surface area contributed by atoms with Gasteiger partial charge in [-0.1, -0.05) is 84.0 Å². The number of amides is 6. The topological polar surface area (TPSA) is 279 Å². The van der Waals surface area contributed by atoms with E-state index >= 15 is 0 Å². The minimum absolute atomic E-state index is 0.0743. The van der Waals surface area contributed by atoms with Crippen molar-refractivity contribution >= 4 is 41.4 Å². The Hall–Kier alpha value is -3.95. The van der Waals surface area contributed by atoms with Crippen molar-refractivity contribution in [2.75, 3.05) is 13.1 Å². The average Bonchev–Trinajstić information content (AvgIpc) is 3.12. The maximum Gasteiger partial charge on any atom is 0.243 e. The molecule has 5 unspecified atom stereocenters. The molecule has 6 amide bonds. The molecule has 0 heterocycles. The number of guanidine groups is 1. The van der Waals surface area contributed by atoms with Gasteiger partial charge in [-0.3, -0.25) is 33.8 Å². The highest BCUT2D eigenvalue weighted by atomic mass is 16.2. The molecular weight excluding hydrogens is 680 g/mol. The molecular formula is C37H68N10O6. The first-order valence-corrected chi connectivity index (χ1v) is 19.9. The third kappa shape index (κ3) is 18.1. The van der Waals surface area contributed by atoms with Crippen LogP contribution in [0.2, 0.25) is 0 Å². The molecule has 16 nitrogen and oxygen atoms in total. The molecule has 16 heteroatoms. The monoisotopic (exact) mass is 749 g/mol. The van der Waals surface area contributed by atoms with Gasteiger partial charge in [-0.15, -0.1) is 0 Å². The molecule has 5 atom stereocenters. The van der Waals surface area contributed by atoms with Crippen LogP contribution in [0.15, 0.2) is 4.99 Å². The van der Waals surface area contributed by atoms with Gasteiger partial charge in [-0.2, -0.15) is 0 Å². The van der Waals surface area contributed by atoms with Crippen LogP contribution in [0.4, 0.5) is 0 Å². The summed E-state index contributed by atoms with van der Waals surface area (Å²) in [7, 11) is 0. The number of primary amides is 1. The van der Waals surface area contributed by atoms with E-state index in [0.717, 1.165) is 70.6 Å². The molecule has 0 saturated heterocycles. The molecule has 0 aromatic carbocycles. The van der Waals surface area contributed by atoms with E-state index in [2.05, 4.69) is 31.6 Å². The fraction of sp³-hybridized carbons (Fsp3) is 0.811. The normalized spacial score (nSPS) is 17.9. The van der Waals surface area contributed by atoms with E-state index in [9.17, 15) is 28.8 Å². The third-order valence-corrected chi connectivity index (χ3v) is 10.3. The second-order valence-electron chi connectivity index (χ2n) is 14.9. The molecule has 2 fully saturated rings. The minimum atomic E-state index is -0.982. The predicted octanol–water partition coefficient (Wildman–Crippen LogP) is 0.839. The lowest BCUT2D eigenvalue weighted by Gasteiger charge is -2.31. The number of hydrogen-bond donors (Lipinski definition) is 9. The van der Waals surface area contributed by atoms with Crippen LogP contribution in [0.3, 0.4) is 0 Å². The standard InChI is InChI=1S/C37H68N10O6/c1-3-4-17-29(34(51)47-30(22-25-13-7-5-8-14-25)35(52)44-27(32(39)49)18-11-20-38)45-36(53)31(23-26-15-9-6-10-16-26)46-33(50)28(43-24(2)48)19-12-21-42-37(40)41/h25-31H,3-23,38H2,1-2H3,(H2,39,49)(H,43,48)(H,44,52)(H,45,53)(H,46,50)(H,47,51)(H4,40,41,42). The van der Waals surface area contributed by atoms with Crippen LogP contribution in [0.1, 0.15) is 136 Å². The number of aliphatic imine (C=N–C) groups is 1. The summed E-state index contributed by atoms with van der Waals surface area (Å²) >= 11 is 0. The van der Waals surface area contributed by atoms with Crippen LogP contribution in [0, 0.1) is 11.8 Å². The first-order valence-electron chi connectivity index (χ1n) is 19.9. The van der Waals surface area contributed by atoms with Crippen molar-refractivity contribution in [2.45, 2.75) is 166 Å². The van der Waals surface area contributed by atoms with Gasteiger partial charge in [0.1, 0.15) is 30.2 Å². The molecule has 0 radical (unpaired) electrons. The molecule has 0 bridgehead atoms. The van der Waals surface area contributed by atoms with Crippen LogP contribution in [-0.2, 0) is 28.8 Å². The van der Waals surface area contributed by atoms with E-state index in [1.54, 1.807) is 0 Å². The van der Waals surface area contributed by atoms with Gasteiger partial charge in [-0.05, 0) is 63.3 Å². The lowest BCUT2D eigenvalue weighted by molar-refractivity contribution is -0.135. The first kappa shape index (κ1) is 45.2. The molecule has 2 saturated carbocycles. The van der Waals surface area contributed by atoms with Crippen LogP contribution >= 0.6 is 0 Å². The van der Waals surface area contributed by atoms with E-state index in [1.807, 2.05) is 6.92 Å². The summed E-state index contributed by atoms with van der Waals surface area (Å²) in [4.78, 5) is 83.5. The van der Waals surface area contributed by atoms with Crippen LogP contribution in [0.25, 0.3) is 0 Å². The van der Waals surface area contributed by atoms with Crippen molar-refractivity contribution in [3.05, 3.63) is 0 Å². The highest BCUT2D eigenvalue weighted by molar-refractivity contribution is 5.96. The number of carbonyl (C=O) groups excluding carboxylic acids is 6. The Labute approximate surface area is 315 Å². The SMILES string of the molecule is CCCCC(NC(=O)C(CC1CCCCC1)NC(=O)C(CCCN=C(N)N)NC(C)=O)C(=O)NC(CC1CCCCC1)C(=O)NC(CCCN)C(N)=O. The second kappa shape index (κ2) is 25.1. The quantitative estimate of drug-likeness (QED) is 0.0384. The van der Waals surface area contributed by atoms with Gasteiger partial charge in [0, 0.05) is 13.5 Å². The van der Waals surface area contributed by atoms with Crippen molar-refractivity contribution in [2.24, 2.45) is 39.8 Å². The number of unbranched alkanes of at least 4 members (excludes halogenated alkanes) is 1. The summed E-state index contributed by atoms with van der Waals surface area (Å²) in [5.41, 5.74) is 22.1. The Kier molecular flexibility index (Phi) is 21.4. The van der Waals surface area contributed by atoms with E-state index < -0.39 is 65.7 Å². The number of nitrogens with two attached hydrogens (primary N) is 4. The Bertz CT molecular complexity index is 1200. The van der Waals surface area contributed by atoms with Crippen molar-refractivity contribution in [3.63, 3.8) is 0 Å². The van der Waals surface area contributed by atoms with Crippen molar-refractivity contribution in [3.8, 4) is 0 Å². The van der Waals surface area contributed by atoms with Crippen LogP contribution in [-0.4, -0.2) is 84.7 Å². The molecule has 2 rings (SSSR count). The van der Waals surface area contributed by atoms with Gasteiger partial charge < -0.3 is 49.5 Å². The van der Waals surface area contributed by atoms with E-state index in [0.29, 0.717) is 45.1 Å². The van der Waals surface area contributed by atoms with Crippen molar-refractivity contribution < 1.29 is 28.8 Å². The maximum absolute atomic E-state index is 14.1. The molecule has 53 heavy (non-hydrogen) atoms. The Morgan fingerprint density at radius 1 is 0.585 bits per heavy atom. The number of rotatable bonds is 24.